The zero-order valence-corrected chi connectivity index (χ0v) is 27.7. The quantitative estimate of drug-likeness (QED) is 0.214. The summed E-state index contributed by atoms with van der Waals surface area (Å²) < 4.78 is 43.0. The number of esters is 3. The molecule has 3 atom stereocenters. The summed E-state index contributed by atoms with van der Waals surface area (Å²) in [6, 6.07) is 12.7. The molecular formula is C33H26Cl2FN3O11. The molecule has 1 aliphatic rings. The number of pyridine rings is 1. The predicted molar refractivity (Wildman–Crippen MR) is 172 cm³/mol. The Hall–Kier alpha value is -5.22. The fourth-order valence-corrected chi connectivity index (χ4v) is 5.13. The van der Waals surface area contributed by atoms with E-state index in [-0.39, 0.29) is 52.0 Å². The van der Waals surface area contributed by atoms with Gasteiger partial charge in [0.05, 0.1) is 30.7 Å². The Labute approximate surface area is 291 Å². The summed E-state index contributed by atoms with van der Waals surface area (Å²) in [6.07, 6.45) is -1.25. The van der Waals surface area contributed by atoms with Crippen LogP contribution in [0.1, 0.15) is 52.8 Å². The molecule has 0 N–H and O–H groups in total. The molecule has 2 aromatic carbocycles. The fourth-order valence-electron chi connectivity index (χ4n) is 4.86. The first-order valence-corrected chi connectivity index (χ1v) is 15.5. The Morgan fingerprint density at radius 3 is 2.40 bits per heavy atom. The van der Waals surface area contributed by atoms with Gasteiger partial charge in [0.25, 0.3) is 11.5 Å². The fraction of sp³-hybridized carbons (Fsp3) is 0.242. The van der Waals surface area contributed by atoms with Gasteiger partial charge in [0.1, 0.15) is 24.0 Å². The lowest BCUT2D eigenvalue weighted by molar-refractivity contribution is -0.148. The molecule has 50 heavy (non-hydrogen) atoms. The van der Waals surface area contributed by atoms with Crippen molar-refractivity contribution in [1.29, 1.82) is 0 Å². The highest BCUT2D eigenvalue weighted by Gasteiger charge is 2.39. The number of hydrogen-bond acceptors (Lipinski definition) is 12. The molecule has 0 radical (unpaired) electrons. The van der Waals surface area contributed by atoms with Crippen molar-refractivity contribution in [2.45, 2.75) is 45.3 Å². The number of nitrogens with zero attached hydrogens (tertiary/aromatic N) is 3. The van der Waals surface area contributed by atoms with Crippen molar-refractivity contribution < 1.29 is 47.3 Å². The average molecular weight is 730 g/mol. The second-order valence-electron chi connectivity index (χ2n) is 10.8. The number of hydrogen-bond donors (Lipinski definition) is 0. The summed E-state index contributed by atoms with van der Waals surface area (Å²) in [6.45, 7) is 2.17. The summed E-state index contributed by atoms with van der Waals surface area (Å²) in [5, 5.41) is 0.421. The predicted octanol–water partition coefficient (Wildman–Crippen LogP) is 4.12. The number of rotatable bonds is 10. The van der Waals surface area contributed by atoms with Gasteiger partial charge in [0.15, 0.2) is 5.75 Å². The first kappa shape index (κ1) is 36.1. The van der Waals surface area contributed by atoms with Crippen molar-refractivity contribution in [1.82, 2.24) is 14.1 Å². The molecule has 0 unspecified atom stereocenters. The third-order valence-electron chi connectivity index (χ3n) is 7.19. The van der Waals surface area contributed by atoms with E-state index in [0.29, 0.717) is 11.2 Å². The number of benzene rings is 2. The first-order valence-electron chi connectivity index (χ1n) is 14.7. The van der Waals surface area contributed by atoms with E-state index >= 15 is 4.39 Å². The van der Waals surface area contributed by atoms with Crippen LogP contribution in [0.2, 0.25) is 10.0 Å². The zero-order chi connectivity index (χ0) is 36.1. The second kappa shape index (κ2) is 15.6. The maximum absolute atomic E-state index is 15.1. The Morgan fingerprint density at radius 1 is 0.980 bits per heavy atom. The molecule has 1 fully saturated rings. The molecule has 5 rings (SSSR count). The molecular weight excluding hydrogens is 704 g/mol. The van der Waals surface area contributed by atoms with Crippen molar-refractivity contribution >= 4 is 47.0 Å². The van der Waals surface area contributed by atoms with Gasteiger partial charge in [-0.1, -0.05) is 41.4 Å². The highest BCUT2D eigenvalue weighted by molar-refractivity contribution is 6.32. The minimum absolute atomic E-state index is 0.0523. The van der Waals surface area contributed by atoms with Crippen molar-refractivity contribution in [3.05, 3.63) is 120 Å². The van der Waals surface area contributed by atoms with Gasteiger partial charge in [0.2, 0.25) is 11.7 Å². The number of carbonyl (C=O) groups excluding carboxylic acids is 4. The molecule has 2 aromatic heterocycles. The number of ether oxygens (including phenoxy) is 5. The largest absolute Gasteiger partial charge is 0.463 e. The van der Waals surface area contributed by atoms with Gasteiger partial charge in [-0.3, -0.25) is 23.7 Å². The van der Waals surface area contributed by atoms with Crippen molar-refractivity contribution in [3.8, 4) is 11.6 Å². The van der Waals surface area contributed by atoms with Crippen LogP contribution in [-0.2, 0) is 30.4 Å². The van der Waals surface area contributed by atoms with Crippen LogP contribution in [0.4, 0.5) is 4.39 Å². The van der Waals surface area contributed by atoms with Gasteiger partial charge in [-0.2, -0.15) is 8.96 Å². The smallest absolute Gasteiger partial charge is 0.343 e. The van der Waals surface area contributed by atoms with Crippen molar-refractivity contribution in [2.75, 3.05) is 6.61 Å². The van der Waals surface area contributed by atoms with Crippen molar-refractivity contribution in [2.24, 2.45) is 0 Å². The summed E-state index contributed by atoms with van der Waals surface area (Å²) in [5.74, 6) is -5.42. The Kier molecular flexibility index (Phi) is 11.2. The summed E-state index contributed by atoms with van der Waals surface area (Å²) in [5.41, 5.74) is -2.59. The van der Waals surface area contributed by atoms with E-state index in [9.17, 15) is 28.8 Å². The molecule has 0 spiro atoms. The minimum atomic E-state index is -1.55. The molecule has 1 aliphatic heterocycles. The molecule has 0 amide bonds. The van der Waals surface area contributed by atoms with Crippen LogP contribution in [0.25, 0.3) is 0 Å². The minimum Gasteiger partial charge on any atom is -0.463 e. The van der Waals surface area contributed by atoms with Crippen LogP contribution in [-0.4, -0.2) is 56.7 Å². The standard InChI is InChI=1S/C33H26Cl2FN3O11/c1-17(40)46-16-27-26(47-15-19-6-8-22(34)9-7-19)12-29(49-27)38-14-24(36)31(43)39(33(38)45)30(42)20-4-3-5-21(10-20)32(44)50-25-11-28(48-18(2)41)37-13-23(25)35/h3-11,13-14,26-27,29H,12,15-16H2,1-2H3/t26-,27+,29+/m0/s1. The Morgan fingerprint density at radius 2 is 1.70 bits per heavy atom. The zero-order valence-electron chi connectivity index (χ0n) is 26.2. The molecule has 0 aliphatic carbocycles. The van der Waals surface area contributed by atoms with E-state index in [4.69, 9.17) is 46.9 Å². The lowest BCUT2D eigenvalue weighted by atomic mass is 10.1. The average Bonchev–Trinajstić information content (AvgIpc) is 3.49. The lowest BCUT2D eigenvalue weighted by Gasteiger charge is -2.19. The summed E-state index contributed by atoms with van der Waals surface area (Å²) in [7, 11) is 0. The monoisotopic (exact) mass is 729 g/mol. The molecule has 3 heterocycles. The third kappa shape index (κ3) is 8.49. The molecule has 0 saturated carbocycles. The highest BCUT2D eigenvalue weighted by Crippen LogP contribution is 2.31. The van der Waals surface area contributed by atoms with Crippen LogP contribution in [0.5, 0.6) is 11.6 Å². The van der Waals surface area contributed by atoms with E-state index in [0.717, 1.165) is 35.4 Å². The van der Waals surface area contributed by atoms with Crippen LogP contribution in [0.15, 0.2) is 76.6 Å². The van der Waals surface area contributed by atoms with Gasteiger partial charge < -0.3 is 23.7 Å². The van der Waals surface area contributed by atoms with Crippen LogP contribution in [0, 0.1) is 5.82 Å². The number of aromatic nitrogens is 3. The second-order valence-corrected chi connectivity index (χ2v) is 11.6. The maximum Gasteiger partial charge on any atom is 0.343 e. The molecule has 260 valence electrons. The molecule has 17 heteroatoms. The van der Waals surface area contributed by atoms with E-state index < -0.39 is 59.3 Å². The van der Waals surface area contributed by atoms with Gasteiger partial charge in [-0.05, 0) is 35.9 Å². The number of halogens is 3. The van der Waals surface area contributed by atoms with Gasteiger partial charge in [0, 0.05) is 36.9 Å². The van der Waals surface area contributed by atoms with Gasteiger partial charge in [-0.15, -0.1) is 0 Å². The molecule has 14 nitrogen and oxygen atoms in total. The van der Waals surface area contributed by atoms with E-state index in [1.807, 2.05) is 0 Å². The maximum atomic E-state index is 15.1. The molecule has 4 aromatic rings. The first-order chi connectivity index (χ1) is 23.8. The van der Waals surface area contributed by atoms with Crippen LogP contribution < -0.4 is 20.7 Å². The summed E-state index contributed by atoms with van der Waals surface area (Å²) >= 11 is 12.0. The Balaban J connectivity index is 1.40. The van der Waals surface area contributed by atoms with E-state index in [1.54, 1.807) is 24.3 Å². The van der Waals surface area contributed by atoms with Crippen LogP contribution >= 0.6 is 23.2 Å². The molecule has 1 saturated heterocycles. The SMILES string of the molecule is CC(=O)OC[C@H]1O[C@@H](n2cc(F)c(=O)n(C(=O)c3cccc(C(=O)Oc4cc(OC(C)=O)ncc4Cl)c3)c2=O)C[C@@H]1OCc1ccc(Cl)cc1. The number of carbonyl (C=O) groups is 4. The normalized spacial score (nSPS) is 16.9. The lowest BCUT2D eigenvalue weighted by Crippen LogP contribution is -2.46. The topological polar surface area (TPSA) is 171 Å². The summed E-state index contributed by atoms with van der Waals surface area (Å²) in [4.78, 5) is 79.5. The van der Waals surface area contributed by atoms with Crippen LogP contribution in [0.3, 0.4) is 0 Å². The van der Waals surface area contributed by atoms with E-state index in [1.165, 1.54) is 25.1 Å². The third-order valence-corrected chi connectivity index (χ3v) is 7.72. The van der Waals surface area contributed by atoms with E-state index in [2.05, 4.69) is 4.98 Å². The van der Waals surface area contributed by atoms with Gasteiger partial charge in [-0.25, -0.2) is 14.6 Å². The highest BCUT2D eigenvalue weighted by atomic mass is 35.5. The molecule has 0 bridgehead atoms. The van der Waals surface area contributed by atoms with Crippen molar-refractivity contribution in [3.63, 3.8) is 0 Å². The van der Waals surface area contributed by atoms with Gasteiger partial charge >= 0.3 is 23.6 Å². The Bertz CT molecular complexity index is 2080.